The first-order chi connectivity index (χ1) is 11.1. The molecule has 0 radical (unpaired) electrons. The molecule has 0 saturated heterocycles. The van der Waals surface area contributed by atoms with Crippen molar-refractivity contribution in [2.45, 2.75) is 13.5 Å². The predicted molar refractivity (Wildman–Crippen MR) is 89.6 cm³/mol. The van der Waals surface area contributed by atoms with Crippen LogP contribution in [0.5, 0.6) is 0 Å². The number of carbonyl (C=O) groups is 1. The summed E-state index contributed by atoms with van der Waals surface area (Å²) < 4.78 is 0. The Balaban J connectivity index is 2.02. The third-order valence-electron chi connectivity index (χ3n) is 3.18. The summed E-state index contributed by atoms with van der Waals surface area (Å²) in [6.07, 6.45) is 4.68. The summed E-state index contributed by atoms with van der Waals surface area (Å²) >= 11 is 6.03. The standard InChI is InChI=1S/C17H15ClN4O/c1-12-15(18)5-2-6-16(12)21-11-14(8-19)17(23)22-10-13-4-3-7-20-9-13/h2-7,9,11,21H,10H2,1H3,(H,22,23)/b14-11-. The molecule has 0 aliphatic heterocycles. The zero-order valence-electron chi connectivity index (χ0n) is 12.5. The van der Waals surface area contributed by atoms with Gasteiger partial charge in [0.05, 0.1) is 0 Å². The topological polar surface area (TPSA) is 77.8 Å². The molecule has 2 N–H and O–H groups in total. The zero-order valence-corrected chi connectivity index (χ0v) is 13.3. The molecule has 0 spiro atoms. The number of benzene rings is 1. The lowest BCUT2D eigenvalue weighted by Crippen LogP contribution is -2.24. The van der Waals surface area contributed by atoms with Gasteiger partial charge in [0.1, 0.15) is 11.6 Å². The molecule has 6 heteroatoms. The fourth-order valence-corrected chi connectivity index (χ4v) is 2.02. The third kappa shape index (κ3) is 4.56. The van der Waals surface area contributed by atoms with Crippen LogP contribution < -0.4 is 10.6 Å². The first-order valence-electron chi connectivity index (χ1n) is 6.91. The van der Waals surface area contributed by atoms with E-state index < -0.39 is 5.91 Å². The van der Waals surface area contributed by atoms with Crippen LogP contribution in [0.3, 0.4) is 0 Å². The number of amides is 1. The predicted octanol–water partition coefficient (Wildman–Crippen LogP) is 3.18. The lowest BCUT2D eigenvalue weighted by molar-refractivity contribution is -0.117. The number of pyridine rings is 1. The van der Waals surface area contributed by atoms with Crippen LogP contribution >= 0.6 is 11.6 Å². The molecule has 1 heterocycles. The number of anilines is 1. The van der Waals surface area contributed by atoms with Gasteiger partial charge in [0, 0.05) is 35.8 Å². The van der Waals surface area contributed by atoms with E-state index in [0.29, 0.717) is 11.6 Å². The number of nitriles is 1. The third-order valence-corrected chi connectivity index (χ3v) is 3.59. The minimum absolute atomic E-state index is 0.0201. The van der Waals surface area contributed by atoms with Gasteiger partial charge < -0.3 is 10.6 Å². The van der Waals surface area contributed by atoms with Gasteiger partial charge in [-0.1, -0.05) is 23.7 Å². The summed E-state index contributed by atoms with van der Waals surface area (Å²) in [5.41, 5.74) is 2.42. The molecule has 5 nitrogen and oxygen atoms in total. The van der Waals surface area contributed by atoms with Gasteiger partial charge in [-0.2, -0.15) is 5.26 Å². The van der Waals surface area contributed by atoms with Crippen LogP contribution in [0.1, 0.15) is 11.1 Å². The summed E-state index contributed by atoms with van der Waals surface area (Å²) in [4.78, 5) is 16.0. The molecule has 0 bridgehead atoms. The van der Waals surface area contributed by atoms with Crippen molar-refractivity contribution in [3.63, 3.8) is 0 Å². The van der Waals surface area contributed by atoms with Crippen LogP contribution in [0.15, 0.2) is 54.5 Å². The quantitative estimate of drug-likeness (QED) is 0.653. The normalized spacial score (nSPS) is 10.7. The molecule has 0 fully saturated rings. The number of nitrogens with zero attached hydrogens (tertiary/aromatic N) is 2. The van der Waals surface area contributed by atoms with Gasteiger partial charge in [-0.05, 0) is 36.2 Å². The molecule has 2 aromatic rings. The average molecular weight is 327 g/mol. The van der Waals surface area contributed by atoms with E-state index in [2.05, 4.69) is 15.6 Å². The Morgan fingerprint density at radius 2 is 2.22 bits per heavy atom. The number of hydrogen-bond acceptors (Lipinski definition) is 4. The van der Waals surface area contributed by atoms with Gasteiger partial charge in [0.15, 0.2) is 0 Å². The molecular formula is C17H15ClN4O. The largest absolute Gasteiger partial charge is 0.360 e. The van der Waals surface area contributed by atoms with Gasteiger partial charge in [-0.3, -0.25) is 9.78 Å². The Morgan fingerprint density at radius 3 is 2.91 bits per heavy atom. The molecule has 23 heavy (non-hydrogen) atoms. The van der Waals surface area contributed by atoms with Gasteiger partial charge in [-0.25, -0.2) is 0 Å². The van der Waals surface area contributed by atoms with Crippen molar-refractivity contribution in [2.24, 2.45) is 0 Å². The molecule has 0 saturated carbocycles. The van der Waals surface area contributed by atoms with E-state index in [0.717, 1.165) is 16.8 Å². The van der Waals surface area contributed by atoms with E-state index in [4.69, 9.17) is 16.9 Å². The molecule has 1 aromatic heterocycles. The molecule has 1 aromatic carbocycles. The minimum Gasteiger partial charge on any atom is -0.360 e. The highest BCUT2D eigenvalue weighted by Gasteiger charge is 2.09. The molecule has 0 atom stereocenters. The van der Waals surface area contributed by atoms with Crippen LogP contribution in [-0.4, -0.2) is 10.9 Å². The first-order valence-corrected chi connectivity index (χ1v) is 7.28. The van der Waals surface area contributed by atoms with E-state index in [1.165, 1.54) is 6.20 Å². The van der Waals surface area contributed by atoms with Crippen molar-refractivity contribution in [3.05, 3.63) is 70.6 Å². The Bertz CT molecular complexity index is 766. The van der Waals surface area contributed by atoms with Crippen molar-refractivity contribution < 1.29 is 4.79 Å². The van der Waals surface area contributed by atoms with Crippen LogP contribution in [0, 0.1) is 18.3 Å². The van der Waals surface area contributed by atoms with E-state index in [-0.39, 0.29) is 5.57 Å². The van der Waals surface area contributed by atoms with Crippen molar-refractivity contribution in [2.75, 3.05) is 5.32 Å². The summed E-state index contributed by atoms with van der Waals surface area (Å²) in [5, 5.41) is 15.4. The van der Waals surface area contributed by atoms with E-state index in [9.17, 15) is 4.79 Å². The monoisotopic (exact) mass is 326 g/mol. The fraction of sp³-hybridized carbons (Fsp3) is 0.118. The summed E-state index contributed by atoms with van der Waals surface area (Å²) in [7, 11) is 0. The molecule has 116 valence electrons. The second-order valence-electron chi connectivity index (χ2n) is 4.77. The molecule has 1 amide bonds. The maximum Gasteiger partial charge on any atom is 0.263 e. The minimum atomic E-state index is -0.455. The number of halogens is 1. The summed E-state index contributed by atoms with van der Waals surface area (Å²) in [6.45, 7) is 2.16. The molecule has 0 aliphatic carbocycles. The molecular weight excluding hydrogens is 312 g/mol. The van der Waals surface area contributed by atoms with Crippen LogP contribution in [-0.2, 0) is 11.3 Å². The highest BCUT2D eigenvalue weighted by atomic mass is 35.5. The average Bonchev–Trinajstić information content (AvgIpc) is 2.58. The molecule has 0 unspecified atom stereocenters. The Labute approximate surface area is 139 Å². The molecule has 2 rings (SSSR count). The summed E-state index contributed by atoms with van der Waals surface area (Å²) in [6, 6.07) is 10.9. The SMILES string of the molecule is Cc1c(Cl)cccc1N/C=C(/C#N)C(=O)NCc1cccnc1. The second-order valence-corrected chi connectivity index (χ2v) is 5.18. The van der Waals surface area contributed by atoms with Gasteiger partial charge >= 0.3 is 0 Å². The maximum atomic E-state index is 12.0. The van der Waals surface area contributed by atoms with Crippen molar-refractivity contribution in [3.8, 4) is 6.07 Å². The maximum absolute atomic E-state index is 12.0. The number of nitrogens with one attached hydrogen (secondary N) is 2. The van der Waals surface area contributed by atoms with Crippen LogP contribution in [0.25, 0.3) is 0 Å². The lowest BCUT2D eigenvalue weighted by atomic mass is 10.2. The number of carbonyl (C=O) groups excluding carboxylic acids is 1. The number of rotatable bonds is 5. The smallest absolute Gasteiger partial charge is 0.263 e. The Morgan fingerprint density at radius 1 is 1.39 bits per heavy atom. The zero-order chi connectivity index (χ0) is 16.7. The van der Waals surface area contributed by atoms with Gasteiger partial charge in [-0.15, -0.1) is 0 Å². The number of aromatic nitrogens is 1. The first kappa shape index (κ1) is 16.5. The highest BCUT2D eigenvalue weighted by molar-refractivity contribution is 6.31. The van der Waals surface area contributed by atoms with E-state index in [1.807, 2.05) is 25.1 Å². The van der Waals surface area contributed by atoms with Gasteiger partial charge in [0.2, 0.25) is 0 Å². The van der Waals surface area contributed by atoms with Crippen molar-refractivity contribution in [1.82, 2.24) is 10.3 Å². The van der Waals surface area contributed by atoms with Gasteiger partial charge in [0.25, 0.3) is 5.91 Å². The summed E-state index contributed by atoms with van der Waals surface area (Å²) in [5.74, 6) is -0.455. The fourth-order valence-electron chi connectivity index (χ4n) is 1.84. The lowest BCUT2D eigenvalue weighted by Gasteiger charge is -2.08. The van der Waals surface area contributed by atoms with E-state index >= 15 is 0 Å². The van der Waals surface area contributed by atoms with Crippen molar-refractivity contribution in [1.29, 1.82) is 5.26 Å². The Kier molecular flexibility index (Phi) is 5.73. The van der Waals surface area contributed by atoms with Crippen LogP contribution in [0.4, 0.5) is 5.69 Å². The van der Waals surface area contributed by atoms with Crippen molar-refractivity contribution >= 4 is 23.2 Å². The Hall–Kier alpha value is -2.84. The highest BCUT2D eigenvalue weighted by Crippen LogP contribution is 2.23. The molecule has 0 aliphatic rings. The second kappa shape index (κ2) is 7.97. The number of hydrogen-bond donors (Lipinski definition) is 2. The van der Waals surface area contributed by atoms with Crippen LogP contribution in [0.2, 0.25) is 5.02 Å². The van der Waals surface area contributed by atoms with E-state index in [1.54, 1.807) is 30.6 Å².